The molecule has 2 aromatic carbocycles. The molecule has 0 bridgehead atoms. The van der Waals surface area contributed by atoms with Crippen LogP contribution in [0.2, 0.25) is 0 Å². The van der Waals surface area contributed by atoms with Gasteiger partial charge in [-0.1, -0.05) is 36.4 Å². The van der Waals surface area contributed by atoms with Crippen LogP contribution in [0.5, 0.6) is 0 Å². The molecular weight excluding hydrogens is 198 g/mol. The zero-order valence-electron chi connectivity index (χ0n) is 8.57. The summed E-state index contributed by atoms with van der Waals surface area (Å²) in [6.45, 7) is 0. The number of anilines is 1. The highest BCUT2D eigenvalue weighted by Gasteiger charge is 2.07. The Morgan fingerprint density at radius 1 is 1.06 bits per heavy atom. The molecule has 0 saturated carbocycles. The summed E-state index contributed by atoms with van der Waals surface area (Å²) in [5, 5.41) is 7.65. The lowest BCUT2D eigenvalue weighted by atomic mass is 10.0. The van der Waals surface area contributed by atoms with Crippen LogP contribution in [0.15, 0.2) is 42.5 Å². The third-order valence-electron chi connectivity index (χ3n) is 2.67. The normalized spacial score (nSPS) is 10.8. The average Bonchev–Trinajstić information content (AvgIpc) is 2.80. The van der Waals surface area contributed by atoms with Crippen molar-refractivity contribution < 1.29 is 0 Å². The number of H-pyrrole nitrogens is 1. The molecule has 0 fully saturated rings. The van der Waals surface area contributed by atoms with E-state index in [0.29, 0.717) is 0 Å². The van der Waals surface area contributed by atoms with E-state index >= 15 is 0 Å². The van der Waals surface area contributed by atoms with Crippen molar-refractivity contribution in [1.29, 1.82) is 0 Å². The summed E-state index contributed by atoms with van der Waals surface area (Å²) in [5.41, 5.74) is 9.80. The highest BCUT2D eigenvalue weighted by Crippen LogP contribution is 2.30. The van der Waals surface area contributed by atoms with Gasteiger partial charge in [0, 0.05) is 10.9 Å². The highest BCUT2D eigenvalue weighted by atomic mass is 15.1. The van der Waals surface area contributed by atoms with Crippen LogP contribution in [-0.4, -0.2) is 10.2 Å². The van der Waals surface area contributed by atoms with E-state index < -0.39 is 0 Å². The molecule has 0 unspecified atom stereocenters. The molecule has 0 amide bonds. The maximum atomic E-state index is 6.10. The average molecular weight is 208 g/mol. The van der Waals surface area contributed by atoms with E-state index in [1.165, 1.54) is 0 Å². The van der Waals surface area contributed by atoms with Gasteiger partial charge in [-0.15, -0.1) is 0 Å². The number of nitrogens with zero attached hydrogens (tertiary/aromatic N) is 1. The lowest BCUT2D eigenvalue weighted by Crippen LogP contribution is -1.91. The number of benzene rings is 2. The van der Waals surface area contributed by atoms with Crippen molar-refractivity contribution in [3.8, 4) is 11.1 Å². The summed E-state index contributed by atoms with van der Waals surface area (Å²) in [4.78, 5) is 0. The van der Waals surface area contributed by atoms with Gasteiger partial charge in [0.2, 0.25) is 0 Å². The second kappa shape index (κ2) is 3.38. The van der Waals surface area contributed by atoms with Gasteiger partial charge >= 0.3 is 0 Å². The van der Waals surface area contributed by atoms with E-state index in [0.717, 1.165) is 27.7 Å². The Bertz CT molecular complexity index is 626. The molecule has 1 heterocycles. The number of aromatic amines is 1. The predicted molar refractivity (Wildman–Crippen MR) is 64.8 cm³/mol. The first-order valence-electron chi connectivity index (χ1n) is 5.06. The summed E-state index contributed by atoms with van der Waals surface area (Å²) in [7, 11) is 0. The van der Waals surface area contributed by atoms with Gasteiger partial charge in [0.1, 0.15) is 6.20 Å². The summed E-state index contributed by atoms with van der Waals surface area (Å²) < 4.78 is 0. The molecule has 0 aliphatic heterocycles. The van der Waals surface area contributed by atoms with E-state index in [4.69, 9.17) is 5.73 Å². The summed E-state index contributed by atoms with van der Waals surface area (Å²) in [6, 6.07) is 14.0. The fourth-order valence-electron chi connectivity index (χ4n) is 1.85. The monoisotopic (exact) mass is 208 g/mol. The van der Waals surface area contributed by atoms with Crippen LogP contribution in [0.3, 0.4) is 0 Å². The van der Waals surface area contributed by atoms with Gasteiger partial charge in [-0.2, -0.15) is 5.10 Å². The fourth-order valence-corrected chi connectivity index (χ4v) is 1.85. The molecule has 1 aromatic heterocycles. The van der Waals surface area contributed by atoms with Crippen molar-refractivity contribution in [3.63, 3.8) is 0 Å². The van der Waals surface area contributed by atoms with Gasteiger partial charge < -0.3 is 5.73 Å². The molecule has 0 atom stereocenters. The van der Waals surface area contributed by atoms with E-state index in [1.54, 1.807) is 0 Å². The molecule has 0 aliphatic carbocycles. The van der Waals surface area contributed by atoms with Crippen molar-refractivity contribution in [2.24, 2.45) is 0 Å². The second-order valence-electron chi connectivity index (χ2n) is 3.65. The number of nitrogens with one attached hydrogen (secondary N) is 1. The molecule has 1 radical (unpaired) electrons. The zero-order chi connectivity index (χ0) is 11.0. The van der Waals surface area contributed by atoms with Crippen LogP contribution in [0, 0.1) is 6.20 Å². The Morgan fingerprint density at radius 3 is 2.69 bits per heavy atom. The Kier molecular flexibility index (Phi) is 1.90. The Morgan fingerprint density at radius 2 is 1.88 bits per heavy atom. The number of aromatic nitrogens is 2. The topological polar surface area (TPSA) is 54.7 Å². The molecule has 77 valence electrons. The number of nitrogens with two attached hydrogens (primary N) is 1. The van der Waals surface area contributed by atoms with Gasteiger partial charge in [0.15, 0.2) is 0 Å². The molecule has 0 spiro atoms. The Hall–Kier alpha value is -2.29. The quantitative estimate of drug-likeness (QED) is 0.604. The van der Waals surface area contributed by atoms with Gasteiger partial charge in [-0.25, -0.2) is 0 Å². The molecule has 16 heavy (non-hydrogen) atoms. The fraction of sp³-hybridized carbons (Fsp3) is 0. The Balaban J connectivity index is 2.28. The van der Waals surface area contributed by atoms with Crippen molar-refractivity contribution >= 4 is 16.6 Å². The van der Waals surface area contributed by atoms with Gasteiger partial charge in [0.25, 0.3) is 0 Å². The SMILES string of the molecule is Nc1c(-c2ccccc2)ccc2[c]n[nH]c12. The zero-order valence-corrected chi connectivity index (χ0v) is 8.57. The third kappa shape index (κ3) is 1.26. The minimum absolute atomic E-state index is 0.720. The molecule has 3 rings (SSSR count). The summed E-state index contributed by atoms with van der Waals surface area (Å²) in [5.74, 6) is 0. The number of rotatable bonds is 1. The van der Waals surface area contributed by atoms with Crippen molar-refractivity contribution in [1.82, 2.24) is 10.2 Å². The summed E-state index contributed by atoms with van der Waals surface area (Å²) in [6.07, 6.45) is 2.85. The van der Waals surface area contributed by atoms with Gasteiger partial charge in [-0.3, -0.25) is 5.10 Å². The van der Waals surface area contributed by atoms with Crippen LogP contribution in [-0.2, 0) is 0 Å². The lowest BCUT2D eigenvalue weighted by molar-refractivity contribution is 1.11. The standard InChI is InChI=1S/C13H10N3/c14-12-11(9-4-2-1-3-5-9)7-6-10-8-15-16-13(10)12/h1-7H,14H2,(H,15,16). The number of fused-ring (bicyclic) bond motifs is 1. The van der Waals surface area contributed by atoms with Gasteiger partial charge in [0.05, 0.1) is 11.2 Å². The highest BCUT2D eigenvalue weighted by molar-refractivity contribution is 5.97. The molecule has 3 heteroatoms. The van der Waals surface area contributed by atoms with Crippen LogP contribution in [0.1, 0.15) is 0 Å². The largest absolute Gasteiger partial charge is 0.396 e. The molecule has 3 N–H and O–H groups in total. The number of hydrogen-bond acceptors (Lipinski definition) is 2. The van der Waals surface area contributed by atoms with E-state index in [2.05, 4.69) is 16.4 Å². The maximum absolute atomic E-state index is 6.10. The minimum atomic E-state index is 0.720. The number of nitrogen functional groups attached to an aromatic ring is 1. The molecule has 0 saturated heterocycles. The maximum Gasteiger partial charge on any atom is 0.121 e. The van der Waals surface area contributed by atoms with Crippen molar-refractivity contribution in [2.75, 3.05) is 5.73 Å². The van der Waals surface area contributed by atoms with Crippen LogP contribution < -0.4 is 5.73 Å². The van der Waals surface area contributed by atoms with E-state index in [-0.39, 0.29) is 0 Å². The first-order valence-corrected chi connectivity index (χ1v) is 5.06. The van der Waals surface area contributed by atoms with E-state index in [9.17, 15) is 0 Å². The molecule has 3 nitrogen and oxygen atoms in total. The first kappa shape index (κ1) is 8.97. The Labute approximate surface area is 92.9 Å². The minimum Gasteiger partial charge on any atom is -0.396 e. The third-order valence-corrected chi connectivity index (χ3v) is 2.67. The first-order chi connectivity index (χ1) is 7.86. The molecular formula is C13H10N3. The van der Waals surface area contributed by atoms with Gasteiger partial charge in [-0.05, 0) is 11.6 Å². The predicted octanol–water partition coefficient (Wildman–Crippen LogP) is 2.61. The van der Waals surface area contributed by atoms with Crippen molar-refractivity contribution in [2.45, 2.75) is 0 Å². The second-order valence-corrected chi connectivity index (χ2v) is 3.65. The van der Waals surface area contributed by atoms with Crippen LogP contribution in [0.4, 0.5) is 5.69 Å². The number of hydrogen-bond donors (Lipinski definition) is 2. The van der Waals surface area contributed by atoms with E-state index in [1.807, 2.05) is 42.5 Å². The van der Waals surface area contributed by atoms with Crippen LogP contribution in [0.25, 0.3) is 22.0 Å². The smallest absolute Gasteiger partial charge is 0.121 e. The summed E-state index contributed by atoms with van der Waals surface area (Å²) >= 11 is 0. The van der Waals surface area contributed by atoms with Crippen molar-refractivity contribution in [3.05, 3.63) is 48.7 Å². The molecule has 3 aromatic rings. The lowest BCUT2D eigenvalue weighted by Gasteiger charge is -2.06. The molecule has 0 aliphatic rings. The van der Waals surface area contributed by atoms with Crippen LogP contribution >= 0.6 is 0 Å².